The molecule has 2 N–H and O–H groups in total. The summed E-state index contributed by atoms with van der Waals surface area (Å²) in [6.45, 7) is 0.297. The highest BCUT2D eigenvalue weighted by Gasteiger charge is 2.47. The minimum Gasteiger partial charge on any atom is -0.378 e. The van der Waals surface area contributed by atoms with Crippen molar-refractivity contribution >= 4 is 21.8 Å². The first-order chi connectivity index (χ1) is 7.06. The largest absolute Gasteiger partial charge is 0.378 e. The second-order valence-electron chi connectivity index (χ2n) is 3.56. The van der Waals surface area contributed by atoms with Crippen molar-refractivity contribution in [3.05, 3.63) is 34.1 Å². The Morgan fingerprint density at radius 3 is 2.67 bits per heavy atom. The lowest BCUT2D eigenvalue weighted by atomic mass is 9.78. The third kappa shape index (κ3) is 1.55. The Bertz CT molecular complexity index is 418. The van der Waals surface area contributed by atoms with Crippen LogP contribution in [0.2, 0.25) is 0 Å². The molecule has 0 unspecified atom stereocenters. The first-order valence-corrected chi connectivity index (χ1v) is 5.19. The van der Waals surface area contributed by atoms with Crippen molar-refractivity contribution in [3.8, 4) is 0 Å². The molecule has 2 rings (SSSR count). The lowest BCUT2D eigenvalue weighted by Gasteiger charge is -2.39. The second-order valence-corrected chi connectivity index (χ2v) is 4.48. The number of hydrogen-bond acceptors (Lipinski definition) is 2. The quantitative estimate of drug-likeness (QED) is 0.884. The maximum atomic E-state index is 13.6. The van der Waals surface area contributed by atoms with Gasteiger partial charge in [-0.25, -0.2) is 4.39 Å². The normalized spacial score (nSPS) is 18.3. The number of benzene rings is 1. The van der Waals surface area contributed by atoms with Crippen LogP contribution in [0.5, 0.6) is 0 Å². The van der Waals surface area contributed by atoms with Crippen LogP contribution in [0.3, 0.4) is 0 Å². The van der Waals surface area contributed by atoms with Crippen molar-refractivity contribution in [1.82, 2.24) is 0 Å². The highest BCUT2D eigenvalue weighted by atomic mass is 79.9. The monoisotopic (exact) mass is 273 g/mol. The fourth-order valence-corrected chi connectivity index (χ4v) is 1.96. The van der Waals surface area contributed by atoms with E-state index in [2.05, 4.69) is 15.9 Å². The topological polar surface area (TPSA) is 52.3 Å². The van der Waals surface area contributed by atoms with E-state index >= 15 is 0 Å². The van der Waals surface area contributed by atoms with Crippen LogP contribution in [0.15, 0.2) is 22.7 Å². The molecule has 15 heavy (non-hydrogen) atoms. The van der Waals surface area contributed by atoms with Crippen LogP contribution in [0, 0.1) is 5.82 Å². The molecule has 1 saturated heterocycles. The van der Waals surface area contributed by atoms with E-state index in [0.29, 0.717) is 10.0 Å². The molecule has 0 bridgehead atoms. The van der Waals surface area contributed by atoms with E-state index in [1.54, 1.807) is 12.1 Å². The summed E-state index contributed by atoms with van der Waals surface area (Å²) in [5, 5.41) is 0. The molecule has 0 saturated carbocycles. The molecule has 0 radical (unpaired) electrons. The summed E-state index contributed by atoms with van der Waals surface area (Å²) >= 11 is 3.23. The summed E-state index contributed by atoms with van der Waals surface area (Å²) in [6, 6.07) is 4.46. The van der Waals surface area contributed by atoms with E-state index in [-0.39, 0.29) is 13.2 Å². The summed E-state index contributed by atoms with van der Waals surface area (Å²) in [4.78, 5) is 11.3. The molecule has 1 amide bonds. The third-order valence-corrected chi connectivity index (χ3v) is 3.11. The molecule has 0 spiro atoms. The summed E-state index contributed by atoms with van der Waals surface area (Å²) in [6.07, 6.45) is 0. The molecule has 1 fully saturated rings. The number of amides is 1. The highest BCUT2D eigenvalue weighted by Crippen LogP contribution is 2.35. The van der Waals surface area contributed by atoms with E-state index in [4.69, 9.17) is 10.5 Å². The number of rotatable bonds is 2. The Morgan fingerprint density at radius 1 is 1.53 bits per heavy atom. The van der Waals surface area contributed by atoms with Gasteiger partial charge in [-0.05, 0) is 18.2 Å². The first kappa shape index (κ1) is 10.6. The lowest BCUT2D eigenvalue weighted by Crippen LogP contribution is -2.56. The van der Waals surface area contributed by atoms with Gasteiger partial charge in [-0.15, -0.1) is 0 Å². The van der Waals surface area contributed by atoms with Crippen LogP contribution in [0.4, 0.5) is 4.39 Å². The van der Waals surface area contributed by atoms with E-state index < -0.39 is 17.1 Å². The molecule has 80 valence electrons. The van der Waals surface area contributed by atoms with Crippen molar-refractivity contribution < 1.29 is 13.9 Å². The predicted molar refractivity (Wildman–Crippen MR) is 55.8 cm³/mol. The summed E-state index contributed by atoms with van der Waals surface area (Å²) in [5.41, 5.74) is 4.59. The standard InChI is InChI=1S/C10H9BrFNO2/c11-6-1-2-8(12)7(3-6)10(9(13)14)4-15-5-10/h1-3H,4-5H2,(H2,13,14). The molecular formula is C10H9BrFNO2. The summed E-state index contributed by atoms with van der Waals surface area (Å²) in [7, 11) is 0. The molecule has 0 aromatic heterocycles. The van der Waals surface area contributed by atoms with E-state index in [1.807, 2.05) is 0 Å². The molecule has 1 aromatic carbocycles. The Labute approximate surface area is 94.5 Å². The van der Waals surface area contributed by atoms with E-state index in [1.165, 1.54) is 6.07 Å². The van der Waals surface area contributed by atoms with Gasteiger partial charge in [-0.2, -0.15) is 0 Å². The van der Waals surface area contributed by atoms with Gasteiger partial charge in [0.25, 0.3) is 0 Å². The van der Waals surface area contributed by atoms with Gasteiger partial charge in [-0.3, -0.25) is 4.79 Å². The van der Waals surface area contributed by atoms with Crippen molar-refractivity contribution in [3.63, 3.8) is 0 Å². The van der Waals surface area contributed by atoms with Crippen LogP contribution >= 0.6 is 15.9 Å². The van der Waals surface area contributed by atoms with E-state index in [0.717, 1.165) is 0 Å². The maximum Gasteiger partial charge on any atom is 0.232 e. The van der Waals surface area contributed by atoms with Crippen LogP contribution in [-0.4, -0.2) is 19.1 Å². The van der Waals surface area contributed by atoms with E-state index in [9.17, 15) is 9.18 Å². The smallest absolute Gasteiger partial charge is 0.232 e. The van der Waals surface area contributed by atoms with Gasteiger partial charge in [0.15, 0.2) is 0 Å². The number of nitrogens with two attached hydrogens (primary N) is 1. The molecule has 1 heterocycles. The molecule has 1 aliphatic heterocycles. The van der Waals surface area contributed by atoms with Gasteiger partial charge in [-0.1, -0.05) is 15.9 Å². The lowest BCUT2D eigenvalue weighted by molar-refractivity contribution is -0.142. The molecular weight excluding hydrogens is 265 g/mol. The van der Waals surface area contributed by atoms with Gasteiger partial charge in [0.1, 0.15) is 11.2 Å². The molecule has 3 nitrogen and oxygen atoms in total. The average Bonchev–Trinajstić information content (AvgIpc) is 2.08. The number of halogens is 2. The van der Waals surface area contributed by atoms with Gasteiger partial charge in [0, 0.05) is 10.0 Å². The number of ether oxygens (including phenoxy) is 1. The SMILES string of the molecule is NC(=O)C1(c2cc(Br)ccc2F)COC1. The third-order valence-electron chi connectivity index (χ3n) is 2.61. The number of primary amides is 1. The van der Waals surface area contributed by atoms with Crippen LogP contribution in [-0.2, 0) is 14.9 Å². The molecule has 1 aliphatic rings. The van der Waals surface area contributed by atoms with Gasteiger partial charge in [0.2, 0.25) is 5.91 Å². The predicted octanol–water partition coefficient (Wildman–Crippen LogP) is 1.34. The van der Waals surface area contributed by atoms with Crippen LogP contribution in [0.25, 0.3) is 0 Å². The minimum absolute atomic E-state index is 0.149. The zero-order chi connectivity index (χ0) is 11.1. The fraction of sp³-hybridized carbons (Fsp3) is 0.300. The van der Waals surface area contributed by atoms with Crippen molar-refractivity contribution in [2.45, 2.75) is 5.41 Å². The number of hydrogen-bond donors (Lipinski definition) is 1. The molecule has 1 aromatic rings. The molecule has 5 heteroatoms. The summed E-state index contributed by atoms with van der Waals surface area (Å²) in [5.74, 6) is -0.981. The Balaban J connectivity index is 2.51. The van der Waals surface area contributed by atoms with Crippen LogP contribution < -0.4 is 5.73 Å². The maximum absolute atomic E-state index is 13.6. The molecule has 0 aliphatic carbocycles. The van der Waals surface area contributed by atoms with Gasteiger partial charge >= 0.3 is 0 Å². The van der Waals surface area contributed by atoms with Gasteiger partial charge in [0.05, 0.1) is 13.2 Å². The van der Waals surface area contributed by atoms with Crippen molar-refractivity contribution in [2.24, 2.45) is 5.73 Å². The zero-order valence-electron chi connectivity index (χ0n) is 7.80. The van der Waals surface area contributed by atoms with Crippen molar-refractivity contribution in [2.75, 3.05) is 13.2 Å². The minimum atomic E-state index is -0.992. The van der Waals surface area contributed by atoms with Crippen LogP contribution in [0.1, 0.15) is 5.56 Å². The number of carbonyl (C=O) groups excluding carboxylic acids is 1. The second kappa shape index (κ2) is 3.57. The Hall–Kier alpha value is -0.940. The van der Waals surface area contributed by atoms with Gasteiger partial charge < -0.3 is 10.5 Å². The fourth-order valence-electron chi connectivity index (χ4n) is 1.60. The first-order valence-electron chi connectivity index (χ1n) is 4.39. The zero-order valence-corrected chi connectivity index (χ0v) is 9.38. The summed E-state index contributed by atoms with van der Waals surface area (Å²) < 4.78 is 19.2. The Morgan fingerprint density at radius 2 is 2.20 bits per heavy atom. The highest BCUT2D eigenvalue weighted by molar-refractivity contribution is 9.10. The Kier molecular flexibility index (Phi) is 2.52. The molecule has 0 atom stereocenters. The average molecular weight is 274 g/mol. The number of carbonyl (C=O) groups is 1. The van der Waals surface area contributed by atoms with Crippen molar-refractivity contribution in [1.29, 1.82) is 0 Å².